The number of nitrogens with two attached hydrogens (primary N) is 2. The third kappa shape index (κ3) is 16.7. The first-order valence-corrected chi connectivity index (χ1v) is 24.2. The molecule has 7 unspecified atom stereocenters. The summed E-state index contributed by atoms with van der Waals surface area (Å²) in [4.78, 5) is 71.9. The number of nitrogen functional groups attached to an aromatic ring is 1. The van der Waals surface area contributed by atoms with Crippen LogP contribution >= 0.6 is 8.60 Å². The van der Waals surface area contributed by atoms with Crippen molar-refractivity contribution in [3.05, 3.63) is 49.8 Å². The second kappa shape index (κ2) is 31.3. The molecule has 376 valence electrons. The number of ether oxygens (including phenoxy) is 5. The summed E-state index contributed by atoms with van der Waals surface area (Å²) in [6.07, 6.45) is 11.9. The predicted octanol–water partition coefficient (Wildman–Crippen LogP) is 5.82. The van der Waals surface area contributed by atoms with Crippen LogP contribution in [0.5, 0.6) is 0 Å². The molecule has 22 nitrogen and oxygen atoms in total. The number of hydrogen-bond donors (Lipinski definition) is 4. The van der Waals surface area contributed by atoms with Gasteiger partial charge in [0.1, 0.15) is 24.4 Å². The summed E-state index contributed by atoms with van der Waals surface area (Å²) in [6.45, 7) is 6.10. The van der Waals surface area contributed by atoms with Gasteiger partial charge in [-0.2, -0.15) is 4.98 Å². The number of H-pyrrole nitrogens is 2. The van der Waals surface area contributed by atoms with E-state index in [9.17, 15) is 19.2 Å². The van der Waals surface area contributed by atoms with E-state index >= 15 is 0 Å². The molecule has 1 saturated heterocycles. The molecule has 66 heavy (non-hydrogen) atoms. The van der Waals surface area contributed by atoms with Gasteiger partial charge in [-0.05, 0) is 6.42 Å². The van der Waals surface area contributed by atoms with Crippen LogP contribution < -0.4 is 28.4 Å². The number of fused-ring (bicyclic) bond motifs is 1. The van der Waals surface area contributed by atoms with E-state index in [4.69, 9.17) is 53.7 Å². The zero-order valence-electron chi connectivity index (χ0n) is 40.1. The molecule has 1 aliphatic rings. The number of aromatic amines is 2. The fourth-order valence-corrected chi connectivity index (χ4v) is 8.70. The molecule has 0 aliphatic carbocycles. The van der Waals surface area contributed by atoms with Gasteiger partial charge in [0.2, 0.25) is 5.95 Å². The molecule has 0 bridgehead atoms. The van der Waals surface area contributed by atoms with Crippen molar-refractivity contribution >= 4 is 31.8 Å². The van der Waals surface area contributed by atoms with Gasteiger partial charge >= 0.3 is 20.4 Å². The number of nitrogens with zero attached hydrogens (tertiary/aromatic N) is 5. The molecule has 4 rings (SSSR count). The van der Waals surface area contributed by atoms with E-state index in [1.807, 2.05) is 13.8 Å². The smallest absolute Gasteiger partial charge is 0.410 e. The van der Waals surface area contributed by atoms with E-state index < -0.39 is 74.5 Å². The van der Waals surface area contributed by atoms with Crippen molar-refractivity contribution in [1.82, 2.24) is 34.0 Å². The van der Waals surface area contributed by atoms with Crippen LogP contribution in [0.2, 0.25) is 0 Å². The number of carbonyl (C=O) groups excluding carboxylic acids is 1. The largest absolute Gasteiger partial charge is 0.438 e. The Kier molecular flexibility index (Phi) is 26.8. The fraction of sp³-hybridized carbons (Fsp3) is 0.767. The summed E-state index contributed by atoms with van der Waals surface area (Å²) in [5.41, 5.74) is 4.10. The first-order chi connectivity index (χ1) is 32.0. The van der Waals surface area contributed by atoms with Crippen LogP contribution in [0.25, 0.3) is 11.2 Å². The first-order valence-electron chi connectivity index (χ1n) is 23.1. The number of imidazole rings is 1. The Morgan fingerprint density at radius 1 is 0.879 bits per heavy atom. The van der Waals surface area contributed by atoms with Gasteiger partial charge in [0.25, 0.3) is 11.1 Å². The molecule has 3 aromatic rings. The number of hydrogen-bond acceptors (Lipinski definition) is 17. The van der Waals surface area contributed by atoms with Crippen molar-refractivity contribution in [2.45, 2.75) is 160 Å². The van der Waals surface area contributed by atoms with E-state index in [1.165, 1.54) is 122 Å². The molecule has 0 spiro atoms. The van der Waals surface area contributed by atoms with Crippen LogP contribution in [0.4, 0.5) is 10.7 Å². The molecule has 1 fully saturated rings. The van der Waals surface area contributed by atoms with Gasteiger partial charge in [0.15, 0.2) is 29.7 Å². The Labute approximate surface area is 388 Å². The van der Waals surface area contributed by atoms with Gasteiger partial charge in [0, 0.05) is 54.4 Å². The van der Waals surface area contributed by atoms with Gasteiger partial charge in [0.05, 0.1) is 19.5 Å². The minimum atomic E-state index is -1.92. The molecular formula is C43H76N9O13P. The predicted molar refractivity (Wildman–Crippen MR) is 250 cm³/mol. The number of anilines is 1. The standard InChI is InChI=1S/C41H70N9O13P.C2H6/c1-7-8-9-10-11-12-13-14-15-16-17-18-19-20-21-23-48(41(54)62-33(29(55-2)26-60-43)37(57-4)49-24-22-30(51)45-40(49)53)25-28-32(63-64(58-5)59-6)34(56-3)38(61-28)50-27-44-31-35(50)46-39(42)47-36(31)52;1-2/h22,24,27-29,32-34,37-38H,7-21,23,25-26,43H2,1-6H3,(H,45,51,53)(H3,42,46,47,52);1-2H3. The molecule has 6 N–H and O–H groups in total. The summed E-state index contributed by atoms with van der Waals surface area (Å²) in [5.74, 6) is 5.34. The number of carbonyl (C=O) groups is 1. The third-order valence-corrected chi connectivity index (χ3v) is 12.3. The molecule has 23 heteroatoms. The van der Waals surface area contributed by atoms with E-state index in [2.05, 4.69) is 26.9 Å². The maximum Gasteiger partial charge on any atom is 0.410 e. The Bertz CT molecular complexity index is 1980. The van der Waals surface area contributed by atoms with E-state index in [0.29, 0.717) is 6.42 Å². The third-order valence-electron chi connectivity index (χ3n) is 11.3. The molecule has 7 atom stereocenters. The second-order valence-electron chi connectivity index (χ2n) is 15.7. The van der Waals surface area contributed by atoms with Gasteiger partial charge in [-0.25, -0.2) is 20.5 Å². The molecule has 0 saturated carbocycles. The summed E-state index contributed by atoms with van der Waals surface area (Å²) in [5, 5.41) is 0. The zero-order chi connectivity index (χ0) is 48.4. The van der Waals surface area contributed by atoms with Gasteiger partial charge < -0.3 is 52.7 Å². The number of amides is 1. The average molecular weight is 958 g/mol. The molecule has 0 aromatic carbocycles. The number of nitrogens with one attached hydrogen (secondary N) is 2. The number of methoxy groups -OCH3 is 3. The minimum Gasteiger partial charge on any atom is -0.438 e. The van der Waals surface area contributed by atoms with E-state index in [-0.39, 0.29) is 36.8 Å². The normalized spacial score (nSPS) is 18.6. The highest BCUT2D eigenvalue weighted by atomic mass is 31.2. The topological polar surface area (TPSA) is 274 Å². The lowest BCUT2D eigenvalue weighted by Crippen LogP contribution is -2.50. The Balaban J connectivity index is 0.00000570. The van der Waals surface area contributed by atoms with Gasteiger partial charge in [-0.1, -0.05) is 111 Å². The second-order valence-corrected chi connectivity index (χ2v) is 17.1. The van der Waals surface area contributed by atoms with Crippen LogP contribution in [0, 0.1) is 0 Å². The summed E-state index contributed by atoms with van der Waals surface area (Å²) < 4.78 is 50.0. The monoisotopic (exact) mass is 958 g/mol. The van der Waals surface area contributed by atoms with Crippen LogP contribution in [0.15, 0.2) is 33.0 Å². The summed E-state index contributed by atoms with van der Waals surface area (Å²) >= 11 is 0. The highest BCUT2D eigenvalue weighted by molar-refractivity contribution is 7.41. The molecule has 1 aliphatic heterocycles. The van der Waals surface area contributed by atoms with Crippen molar-refractivity contribution in [1.29, 1.82) is 0 Å². The number of rotatable bonds is 32. The highest BCUT2D eigenvalue weighted by Gasteiger charge is 2.50. The Hall–Kier alpha value is -3.83. The number of aromatic nitrogens is 6. The number of unbranched alkanes of at least 4 members (excludes halogenated alkanes) is 14. The highest BCUT2D eigenvalue weighted by Crippen LogP contribution is 2.45. The van der Waals surface area contributed by atoms with E-state index in [1.54, 1.807) is 0 Å². The molecule has 4 heterocycles. The molecule has 1 amide bonds. The molecule has 0 radical (unpaired) electrons. The van der Waals surface area contributed by atoms with Crippen molar-refractivity contribution in [2.75, 3.05) is 61.0 Å². The maximum atomic E-state index is 14.6. The van der Waals surface area contributed by atoms with E-state index in [0.717, 1.165) is 36.3 Å². The van der Waals surface area contributed by atoms with Crippen molar-refractivity contribution in [3.63, 3.8) is 0 Å². The molecular weight excluding hydrogens is 881 g/mol. The van der Waals surface area contributed by atoms with Crippen LogP contribution in [0.3, 0.4) is 0 Å². The molecule has 3 aromatic heterocycles. The lowest BCUT2D eigenvalue weighted by atomic mass is 10.0. The summed E-state index contributed by atoms with van der Waals surface area (Å²) in [7, 11) is 5.08. The minimum absolute atomic E-state index is 0.0254. The van der Waals surface area contributed by atoms with Crippen LogP contribution in [-0.4, -0.2) is 126 Å². The quantitative estimate of drug-likeness (QED) is 0.0326. The van der Waals surface area contributed by atoms with Gasteiger partial charge in [-0.15, -0.1) is 0 Å². The Morgan fingerprint density at radius 3 is 2.02 bits per heavy atom. The van der Waals surface area contributed by atoms with Crippen LogP contribution in [0.1, 0.15) is 130 Å². The van der Waals surface area contributed by atoms with Gasteiger partial charge in [-0.3, -0.25) is 28.7 Å². The average Bonchev–Trinajstić information content (AvgIpc) is 3.89. The van der Waals surface area contributed by atoms with Crippen molar-refractivity contribution < 1.29 is 46.9 Å². The van der Waals surface area contributed by atoms with Crippen molar-refractivity contribution in [3.8, 4) is 0 Å². The Morgan fingerprint density at radius 2 is 1.48 bits per heavy atom. The lowest BCUT2D eigenvalue weighted by Gasteiger charge is -2.34. The summed E-state index contributed by atoms with van der Waals surface area (Å²) in [6, 6.07) is 1.13. The lowest BCUT2D eigenvalue weighted by molar-refractivity contribution is -0.145. The maximum absolute atomic E-state index is 14.6. The fourth-order valence-electron chi connectivity index (χ4n) is 7.93. The van der Waals surface area contributed by atoms with Crippen molar-refractivity contribution in [2.24, 2.45) is 5.90 Å². The SMILES string of the molecule is CC.CCCCCCCCCCCCCCCCCN(CC1OC(n2cnc3c(=O)[nH]c(N)nc32)C(OC)C1OP(OC)OC)C(=O)OC(C(CON)OC)C(OC)n1ccc(=O)[nH]c1=O. The van der Waals surface area contributed by atoms with Crippen LogP contribution in [-0.2, 0) is 42.1 Å². The first kappa shape index (κ1) is 56.5. The zero-order valence-corrected chi connectivity index (χ0v) is 41.0.